The van der Waals surface area contributed by atoms with Gasteiger partial charge in [0.25, 0.3) is 0 Å². The molecule has 0 amide bonds. The summed E-state index contributed by atoms with van der Waals surface area (Å²) < 4.78 is 4.83. The number of nitrogens with zero attached hydrogens (tertiary/aromatic N) is 5. The molecule has 0 saturated heterocycles. The van der Waals surface area contributed by atoms with Crippen LogP contribution in [0.2, 0.25) is 0 Å². The van der Waals surface area contributed by atoms with E-state index < -0.39 is 0 Å². The van der Waals surface area contributed by atoms with Gasteiger partial charge in [-0.1, -0.05) is 158 Å². The number of para-hydroxylation sites is 5. The van der Waals surface area contributed by atoms with Gasteiger partial charge in [-0.15, -0.1) is 0 Å². The molecule has 3 heterocycles. The third kappa shape index (κ3) is 4.93. The number of hydrogen-bond acceptors (Lipinski definition) is 3. The topological polar surface area (TPSA) is 48.5 Å². The highest BCUT2D eigenvalue weighted by molar-refractivity contribution is 6.17. The van der Waals surface area contributed by atoms with Crippen molar-refractivity contribution in [3.05, 3.63) is 200 Å². The van der Waals surface area contributed by atoms with Crippen molar-refractivity contribution in [1.29, 1.82) is 0 Å². The molecule has 12 aromatic rings. The first-order valence-corrected chi connectivity index (χ1v) is 19.6. The molecule has 0 unspecified atom stereocenters. The van der Waals surface area contributed by atoms with E-state index in [-0.39, 0.29) is 0 Å². The second kappa shape index (κ2) is 12.8. The van der Waals surface area contributed by atoms with Gasteiger partial charge >= 0.3 is 0 Å². The number of hydrogen-bond donors (Lipinski definition) is 0. The van der Waals surface area contributed by atoms with Crippen LogP contribution < -0.4 is 0 Å². The lowest BCUT2D eigenvalue weighted by Gasteiger charge is -2.16. The molecule has 0 aliphatic carbocycles. The summed E-state index contributed by atoms with van der Waals surface area (Å²) in [4.78, 5) is 16.0. The van der Waals surface area contributed by atoms with E-state index in [1.807, 2.05) is 0 Å². The summed E-state index contributed by atoms with van der Waals surface area (Å²) in [6.07, 6.45) is 0. The van der Waals surface area contributed by atoms with Crippen LogP contribution in [0.5, 0.6) is 0 Å². The fourth-order valence-electron chi connectivity index (χ4n) is 8.97. The Bertz CT molecular complexity index is 3570. The van der Waals surface area contributed by atoms with E-state index in [0.29, 0.717) is 17.5 Å². The molecule has 5 nitrogen and oxygen atoms in total. The standard InChI is InChI=1S/C53H33N5/c1-2-19-38(20-3-1)57-46-28-10-8-23-41(46)43-25-14-30-48(50(43)57)58-47-29-11-9-22-40(47)42-24-13-27-45(49(42)58)53-55-51(37-32-31-34-15-4-5-17-36(34)33-37)54-52(56-53)44-26-12-18-35-16-6-7-21-39(35)44/h1-33H. The Morgan fingerprint density at radius 3 is 1.64 bits per heavy atom. The number of rotatable bonds is 5. The van der Waals surface area contributed by atoms with Crippen molar-refractivity contribution in [2.24, 2.45) is 0 Å². The molecule has 5 heteroatoms. The first kappa shape index (κ1) is 32.4. The van der Waals surface area contributed by atoms with Gasteiger partial charge in [0.15, 0.2) is 17.5 Å². The second-order valence-corrected chi connectivity index (χ2v) is 14.8. The molecule has 0 bridgehead atoms. The fourth-order valence-corrected chi connectivity index (χ4v) is 8.97. The van der Waals surface area contributed by atoms with Crippen LogP contribution in [0.25, 0.3) is 111 Å². The number of aromatic nitrogens is 5. The van der Waals surface area contributed by atoms with Crippen molar-refractivity contribution in [2.75, 3.05) is 0 Å². The first-order chi connectivity index (χ1) is 28.8. The average Bonchev–Trinajstić information content (AvgIpc) is 3.82. The van der Waals surface area contributed by atoms with Crippen LogP contribution in [-0.4, -0.2) is 24.1 Å². The lowest BCUT2D eigenvalue weighted by atomic mass is 10.0. The van der Waals surface area contributed by atoms with E-state index in [1.54, 1.807) is 0 Å². The van der Waals surface area contributed by atoms with E-state index in [4.69, 9.17) is 15.0 Å². The van der Waals surface area contributed by atoms with Crippen molar-refractivity contribution in [3.63, 3.8) is 0 Å². The van der Waals surface area contributed by atoms with Gasteiger partial charge < -0.3 is 9.13 Å². The van der Waals surface area contributed by atoms with E-state index >= 15 is 0 Å². The number of fused-ring (bicyclic) bond motifs is 8. The minimum Gasteiger partial charge on any atom is -0.307 e. The molecule has 12 rings (SSSR count). The van der Waals surface area contributed by atoms with E-state index in [1.165, 1.54) is 16.2 Å². The van der Waals surface area contributed by atoms with Crippen molar-refractivity contribution in [2.45, 2.75) is 0 Å². The summed E-state index contributed by atoms with van der Waals surface area (Å²) >= 11 is 0. The highest BCUT2D eigenvalue weighted by Gasteiger charge is 2.23. The van der Waals surface area contributed by atoms with Gasteiger partial charge in [0, 0.05) is 43.9 Å². The van der Waals surface area contributed by atoms with E-state index in [2.05, 4.69) is 209 Å². The van der Waals surface area contributed by atoms with Gasteiger partial charge in [-0.3, -0.25) is 0 Å². The Hall–Kier alpha value is -7.89. The molecule has 0 atom stereocenters. The number of benzene rings is 9. The highest BCUT2D eigenvalue weighted by atomic mass is 15.1. The Kier molecular flexibility index (Phi) is 7.16. The summed E-state index contributed by atoms with van der Waals surface area (Å²) in [6.45, 7) is 0. The van der Waals surface area contributed by atoms with Crippen LogP contribution >= 0.6 is 0 Å². The predicted molar refractivity (Wildman–Crippen MR) is 240 cm³/mol. The molecule has 0 aliphatic heterocycles. The monoisotopic (exact) mass is 739 g/mol. The lowest BCUT2D eigenvalue weighted by Crippen LogP contribution is -2.03. The normalized spacial score (nSPS) is 11.8. The van der Waals surface area contributed by atoms with Crippen LogP contribution in [0.4, 0.5) is 0 Å². The summed E-state index contributed by atoms with van der Waals surface area (Å²) in [5, 5.41) is 9.24. The summed E-state index contributed by atoms with van der Waals surface area (Å²) in [5.74, 6) is 1.88. The van der Waals surface area contributed by atoms with Crippen LogP contribution in [0.1, 0.15) is 0 Å². The largest absolute Gasteiger partial charge is 0.307 e. The molecule has 0 aliphatic rings. The van der Waals surface area contributed by atoms with Gasteiger partial charge in [0.2, 0.25) is 0 Å². The summed E-state index contributed by atoms with van der Waals surface area (Å²) in [6, 6.07) is 70.9. The zero-order valence-corrected chi connectivity index (χ0v) is 31.3. The molecular weight excluding hydrogens is 707 g/mol. The van der Waals surface area contributed by atoms with Crippen molar-refractivity contribution in [3.8, 4) is 45.5 Å². The van der Waals surface area contributed by atoms with Crippen LogP contribution in [-0.2, 0) is 0 Å². The van der Waals surface area contributed by atoms with Crippen LogP contribution in [0.15, 0.2) is 200 Å². The second-order valence-electron chi connectivity index (χ2n) is 14.8. The maximum absolute atomic E-state index is 5.39. The molecular formula is C53H33N5. The molecule has 0 fully saturated rings. The van der Waals surface area contributed by atoms with E-state index in [0.717, 1.165) is 77.1 Å². The van der Waals surface area contributed by atoms with Crippen molar-refractivity contribution < 1.29 is 0 Å². The zero-order chi connectivity index (χ0) is 38.2. The maximum Gasteiger partial charge on any atom is 0.166 e. The Labute approximate surface area is 333 Å². The lowest BCUT2D eigenvalue weighted by molar-refractivity contribution is 1.07. The smallest absolute Gasteiger partial charge is 0.166 e. The van der Waals surface area contributed by atoms with Gasteiger partial charge in [-0.25, -0.2) is 15.0 Å². The quantitative estimate of drug-likeness (QED) is 0.177. The Balaban J connectivity index is 1.20. The Morgan fingerprint density at radius 1 is 0.310 bits per heavy atom. The van der Waals surface area contributed by atoms with Gasteiger partial charge in [-0.05, 0) is 64.0 Å². The Morgan fingerprint density at radius 2 is 0.845 bits per heavy atom. The minimum atomic E-state index is 0.617. The van der Waals surface area contributed by atoms with Crippen molar-refractivity contribution in [1.82, 2.24) is 24.1 Å². The summed E-state index contributed by atoms with van der Waals surface area (Å²) in [5.41, 5.74) is 9.47. The third-order valence-corrected chi connectivity index (χ3v) is 11.5. The molecule has 3 aromatic heterocycles. The molecule has 0 N–H and O–H groups in total. The zero-order valence-electron chi connectivity index (χ0n) is 31.3. The van der Waals surface area contributed by atoms with Crippen LogP contribution in [0, 0.1) is 0 Å². The molecule has 0 saturated carbocycles. The maximum atomic E-state index is 5.39. The predicted octanol–water partition coefficient (Wildman–Crippen LogP) is 13.4. The fraction of sp³-hybridized carbons (Fsp3) is 0. The van der Waals surface area contributed by atoms with Gasteiger partial charge in [-0.2, -0.15) is 0 Å². The molecule has 0 spiro atoms. The molecule has 9 aromatic carbocycles. The molecule has 58 heavy (non-hydrogen) atoms. The van der Waals surface area contributed by atoms with E-state index in [9.17, 15) is 0 Å². The first-order valence-electron chi connectivity index (χ1n) is 19.6. The minimum absolute atomic E-state index is 0.617. The SMILES string of the molecule is c1ccc(-n2c3ccccc3c3cccc(-n4c5ccccc5c5cccc(-c6nc(-c7ccc8ccccc8c7)nc(-c7cccc8ccccc78)n6)c54)c32)cc1. The summed E-state index contributed by atoms with van der Waals surface area (Å²) in [7, 11) is 0. The highest BCUT2D eigenvalue weighted by Crippen LogP contribution is 2.42. The third-order valence-electron chi connectivity index (χ3n) is 11.5. The molecule has 270 valence electrons. The van der Waals surface area contributed by atoms with Crippen LogP contribution in [0.3, 0.4) is 0 Å². The van der Waals surface area contributed by atoms with Crippen molar-refractivity contribution >= 4 is 65.2 Å². The van der Waals surface area contributed by atoms with Gasteiger partial charge in [0.05, 0.1) is 27.8 Å². The average molecular weight is 740 g/mol. The van der Waals surface area contributed by atoms with Gasteiger partial charge in [0.1, 0.15) is 0 Å². The molecule has 0 radical (unpaired) electrons.